The molecule has 8 nitrogen and oxygen atoms in total. The Balaban J connectivity index is 1.63. The van der Waals surface area contributed by atoms with Crippen LogP contribution in [0.1, 0.15) is 47.2 Å². The van der Waals surface area contributed by atoms with Crippen LogP contribution in [0, 0.1) is 0 Å². The second-order valence-corrected chi connectivity index (χ2v) is 8.60. The topological polar surface area (TPSA) is 105 Å². The standard InChI is InChI=1S/C24H25N5O3S/c1-24(2,3)16-7-5-15(6-8-16)21(30)29-23(33)27-17-9-10-18(20(13-17)32-4)28-22(31)19-14-25-11-12-26-19/h5-14H,1-4H3,(H,28,31)(H2,27,29,30,33). The van der Waals surface area contributed by atoms with Crippen LogP contribution in [-0.4, -0.2) is 34.0 Å². The lowest BCUT2D eigenvalue weighted by molar-refractivity contribution is 0.0976. The molecule has 2 aromatic carbocycles. The van der Waals surface area contributed by atoms with E-state index in [1.165, 1.54) is 25.7 Å². The highest BCUT2D eigenvalue weighted by Gasteiger charge is 2.15. The fourth-order valence-corrected chi connectivity index (χ4v) is 3.14. The minimum absolute atomic E-state index is 0.00501. The van der Waals surface area contributed by atoms with E-state index in [1.54, 1.807) is 30.3 Å². The molecule has 0 aliphatic rings. The van der Waals surface area contributed by atoms with Crippen molar-refractivity contribution >= 4 is 40.5 Å². The molecule has 0 aliphatic heterocycles. The van der Waals surface area contributed by atoms with Crippen molar-refractivity contribution in [3.05, 3.63) is 77.9 Å². The first-order valence-electron chi connectivity index (χ1n) is 10.2. The maximum absolute atomic E-state index is 12.5. The predicted molar refractivity (Wildman–Crippen MR) is 132 cm³/mol. The van der Waals surface area contributed by atoms with Crippen molar-refractivity contribution in [2.24, 2.45) is 0 Å². The molecule has 0 bridgehead atoms. The number of nitrogens with zero attached hydrogens (tertiary/aromatic N) is 2. The van der Waals surface area contributed by atoms with E-state index >= 15 is 0 Å². The molecule has 0 fully saturated rings. The highest BCUT2D eigenvalue weighted by atomic mass is 32.1. The number of hydrogen-bond acceptors (Lipinski definition) is 6. The number of rotatable bonds is 5. The van der Waals surface area contributed by atoms with Gasteiger partial charge in [0.05, 0.1) is 19.0 Å². The van der Waals surface area contributed by atoms with Crippen LogP contribution in [0.25, 0.3) is 0 Å². The summed E-state index contributed by atoms with van der Waals surface area (Å²) in [7, 11) is 1.48. The first kappa shape index (κ1) is 23.8. The van der Waals surface area contributed by atoms with Gasteiger partial charge in [-0.25, -0.2) is 4.98 Å². The van der Waals surface area contributed by atoms with Gasteiger partial charge < -0.3 is 15.4 Å². The number of benzene rings is 2. The number of anilines is 2. The SMILES string of the molecule is COc1cc(NC(=S)NC(=O)c2ccc(C(C)(C)C)cc2)ccc1NC(=O)c1cnccn1. The average Bonchev–Trinajstić information content (AvgIpc) is 2.80. The molecule has 33 heavy (non-hydrogen) atoms. The van der Waals surface area contributed by atoms with E-state index in [0.717, 1.165) is 5.56 Å². The Morgan fingerprint density at radius 2 is 1.70 bits per heavy atom. The average molecular weight is 464 g/mol. The summed E-state index contributed by atoms with van der Waals surface area (Å²) in [5.41, 5.74) is 2.86. The Morgan fingerprint density at radius 1 is 0.970 bits per heavy atom. The largest absolute Gasteiger partial charge is 0.494 e. The fraction of sp³-hybridized carbons (Fsp3) is 0.208. The zero-order valence-electron chi connectivity index (χ0n) is 18.8. The van der Waals surface area contributed by atoms with E-state index in [1.807, 2.05) is 12.1 Å². The van der Waals surface area contributed by atoms with E-state index in [-0.39, 0.29) is 22.1 Å². The number of carbonyl (C=O) groups is 2. The summed E-state index contributed by atoms with van der Waals surface area (Å²) in [6, 6.07) is 12.4. The van der Waals surface area contributed by atoms with Crippen molar-refractivity contribution in [3.8, 4) is 5.75 Å². The van der Waals surface area contributed by atoms with Crippen LogP contribution in [0.4, 0.5) is 11.4 Å². The Labute approximate surface area is 197 Å². The molecule has 1 heterocycles. The molecule has 0 aliphatic carbocycles. The van der Waals surface area contributed by atoms with Crippen molar-refractivity contribution < 1.29 is 14.3 Å². The van der Waals surface area contributed by atoms with Crippen LogP contribution in [-0.2, 0) is 5.41 Å². The minimum atomic E-state index is -0.414. The van der Waals surface area contributed by atoms with Crippen LogP contribution >= 0.6 is 12.2 Å². The van der Waals surface area contributed by atoms with Gasteiger partial charge in [0.1, 0.15) is 11.4 Å². The molecule has 0 radical (unpaired) electrons. The summed E-state index contributed by atoms with van der Waals surface area (Å²) in [5, 5.41) is 8.48. The summed E-state index contributed by atoms with van der Waals surface area (Å²) in [6.07, 6.45) is 4.29. The summed E-state index contributed by atoms with van der Waals surface area (Å²) >= 11 is 5.27. The molecule has 0 saturated heterocycles. The summed E-state index contributed by atoms with van der Waals surface area (Å²) in [6.45, 7) is 6.34. The maximum Gasteiger partial charge on any atom is 0.275 e. The quantitative estimate of drug-likeness (QED) is 0.488. The van der Waals surface area contributed by atoms with Gasteiger partial charge in [0, 0.05) is 29.7 Å². The normalized spacial score (nSPS) is 10.8. The van der Waals surface area contributed by atoms with Gasteiger partial charge in [-0.3, -0.25) is 19.9 Å². The highest BCUT2D eigenvalue weighted by Crippen LogP contribution is 2.28. The third-order valence-corrected chi connectivity index (χ3v) is 4.95. The smallest absolute Gasteiger partial charge is 0.275 e. The van der Waals surface area contributed by atoms with Crippen molar-refractivity contribution in [3.63, 3.8) is 0 Å². The fourth-order valence-electron chi connectivity index (χ4n) is 2.93. The van der Waals surface area contributed by atoms with Crippen molar-refractivity contribution in [1.29, 1.82) is 0 Å². The number of aromatic nitrogens is 2. The lowest BCUT2D eigenvalue weighted by Crippen LogP contribution is -2.34. The lowest BCUT2D eigenvalue weighted by atomic mass is 9.87. The van der Waals surface area contributed by atoms with Gasteiger partial charge in [-0.2, -0.15) is 0 Å². The van der Waals surface area contributed by atoms with Crippen LogP contribution in [0.15, 0.2) is 61.1 Å². The lowest BCUT2D eigenvalue weighted by Gasteiger charge is -2.19. The van der Waals surface area contributed by atoms with E-state index in [4.69, 9.17) is 17.0 Å². The minimum Gasteiger partial charge on any atom is -0.494 e. The van der Waals surface area contributed by atoms with E-state index in [9.17, 15) is 9.59 Å². The molecule has 1 aromatic heterocycles. The molecular formula is C24H25N5O3S. The first-order chi connectivity index (χ1) is 15.7. The molecule has 9 heteroatoms. The third-order valence-electron chi connectivity index (χ3n) is 4.74. The van der Waals surface area contributed by atoms with Crippen molar-refractivity contribution in [2.45, 2.75) is 26.2 Å². The molecule has 2 amide bonds. The number of nitrogens with one attached hydrogen (secondary N) is 3. The highest BCUT2D eigenvalue weighted by molar-refractivity contribution is 7.80. The number of hydrogen-bond donors (Lipinski definition) is 3. The Morgan fingerprint density at radius 3 is 2.30 bits per heavy atom. The van der Waals surface area contributed by atoms with Crippen molar-refractivity contribution in [2.75, 3.05) is 17.7 Å². The van der Waals surface area contributed by atoms with E-state index in [0.29, 0.717) is 22.7 Å². The molecular weight excluding hydrogens is 438 g/mol. The van der Waals surface area contributed by atoms with Crippen LogP contribution in [0.2, 0.25) is 0 Å². The van der Waals surface area contributed by atoms with Gasteiger partial charge in [-0.05, 0) is 47.5 Å². The summed E-state index contributed by atoms with van der Waals surface area (Å²) < 4.78 is 5.37. The van der Waals surface area contributed by atoms with Gasteiger partial charge in [0.15, 0.2) is 5.11 Å². The zero-order valence-corrected chi connectivity index (χ0v) is 19.6. The predicted octanol–water partition coefficient (Wildman–Crippen LogP) is 4.16. The molecule has 0 atom stereocenters. The number of methoxy groups -OCH3 is 1. The molecule has 0 unspecified atom stereocenters. The molecule has 3 rings (SSSR count). The zero-order chi connectivity index (χ0) is 24.0. The molecule has 0 saturated carbocycles. The molecule has 3 aromatic rings. The summed E-state index contributed by atoms with van der Waals surface area (Å²) in [5.74, 6) is -0.320. The van der Waals surface area contributed by atoms with Crippen LogP contribution in [0.3, 0.4) is 0 Å². The maximum atomic E-state index is 12.5. The monoisotopic (exact) mass is 463 g/mol. The van der Waals surface area contributed by atoms with Gasteiger partial charge in [0.25, 0.3) is 11.8 Å². The second kappa shape index (κ2) is 10.2. The van der Waals surface area contributed by atoms with E-state index < -0.39 is 5.91 Å². The number of thiocarbonyl (C=S) groups is 1. The van der Waals surface area contributed by atoms with Gasteiger partial charge in [-0.15, -0.1) is 0 Å². The van der Waals surface area contributed by atoms with Gasteiger partial charge in [0.2, 0.25) is 0 Å². The summed E-state index contributed by atoms with van der Waals surface area (Å²) in [4.78, 5) is 32.7. The second-order valence-electron chi connectivity index (χ2n) is 8.20. The Kier molecular flexibility index (Phi) is 7.34. The Hall–Kier alpha value is -3.85. The number of ether oxygens (including phenoxy) is 1. The molecule has 170 valence electrons. The third kappa shape index (κ3) is 6.33. The van der Waals surface area contributed by atoms with Crippen LogP contribution < -0.4 is 20.7 Å². The first-order valence-corrected chi connectivity index (χ1v) is 10.6. The van der Waals surface area contributed by atoms with Gasteiger partial charge >= 0.3 is 0 Å². The molecule has 0 spiro atoms. The van der Waals surface area contributed by atoms with E-state index in [2.05, 4.69) is 46.7 Å². The van der Waals surface area contributed by atoms with Gasteiger partial charge in [-0.1, -0.05) is 32.9 Å². The Bertz CT molecular complexity index is 1160. The number of amides is 2. The molecule has 3 N–H and O–H groups in total. The van der Waals surface area contributed by atoms with Crippen LogP contribution in [0.5, 0.6) is 5.75 Å². The number of carbonyl (C=O) groups excluding carboxylic acids is 2. The van der Waals surface area contributed by atoms with Crippen molar-refractivity contribution in [1.82, 2.24) is 15.3 Å².